The third kappa shape index (κ3) is 5.82. The number of alkyl halides is 3. The SMILES string of the molecule is Cc1cccc(CS(=O)(=O)N2CCC(c3cc(C(=O)NCC(F)(F)F)n[nH]3)CC2)c1. The van der Waals surface area contributed by atoms with Crippen LogP contribution >= 0.6 is 0 Å². The molecule has 1 aromatic carbocycles. The number of sulfonamides is 1. The van der Waals surface area contributed by atoms with E-state index in [9.17, 15) is 26.4 Å². The molecule has 2 N–H and O–H groups in total. The van der Waals surface area contributed by atoms with Crippen LogP contribution in [0.5, 0.6) is 0 Å². The molecule has 0 saturated carbocycles. The second-order valence-electron chi connectivity index (χ2n) is 7.42. The van der Waals surface area contributed by atoms with Crippen molar-refractivity contribution in [2.24, 2.45) is 0 Å². The molecule has 1 aromatic heterocycles. The van der Waals surface area contributed by atoms with Crippen LogP contribution in [0.3, 0.4) is 0 Å². The van der Waals surface area contributed by atoms with Gasteiger partial charge in [0.15, 0.2) is 0 Å². The molecular formula is C19H23F3N4O3S. The maximum Gasteiger partial charge on any atom is 0.405 e. The van der Waals surface area contributed by atoms with E-state index in [0.29, 0.717) is 31.6 Å². The van der Waals surface area contributed by atoms with E-state index in [0.717, 1.165) is 11.1 Å². The van der Waals surface area contributed by atoms with Crippen LogP contribution in [0.4, 0.5) is 13.2 Å². The summed E-state index contributed by atoms with van der Waals surface area (Å²) in [5.41, 5.74) is 2.22. The van der Waals surface area contributed by atoms with Gasteiger partial charge in [0.05, 0.1) is 5.75 Å². The van der Waals surface area contributed by atoms with Crippen molar-refractivity contribution in [2.45, 2.75) is 37.6 Å². The van der Waals surface area contributed by atoms with Crippen molar-refractivity contribution < 1.29 is 26.4 Å². The minimum Gasteiger partial charge on any atom is -0.342 e. The average Bonchev–Trinajstić information content (AvgIpc) is 3.15. The molecule has 164 valence electrons. The lowest BCUT2D eigenvalue weighted by molar-refractivity contribution is -0.123. The summed E-state index contributed by atoms with van der Waals surface area (Å²) in [6.45, 7) is 1.13. The second-order valence-corrected chi connectivity index (χ2v) is 9.39. The third-order valence-electron chi connectivity index (χ3n) is 5.00. The van der Waals surface area contributed by atoms with Gasteiger partial charge in [0.2, 0.25) is 10.0 Å². The van der Waals surface area contributed by atoms with Gasteiger partial charge in [-0.25, -0.2) is 12.7 Å². The molecule has 1 aliphatic rings. The topological polar surface area (TPSA) is 95.2 Å². The minimum absolute atomic E-state index is 0.0490. The standard InChI is InChI=1S/C19H23F3N4O3S/c1-13-3-2-4-14(9-13)11-30(28,29)26-7-5-15(6-8-26)16-10-17(25-24-16)18(27)23-12-19(20,21)22/h2-4,9-10,15H,5-8,11-12H2,1H3,(H,23,27)(H,24,25). The normalized spacial score (nSPS) is 16.5. The Labute approximate surface area is 172 Å². The van der Waals surface area contributed by atoms with E-state index >= 15 is 0 Å². The van der Waals surface area contributed by atoms with Gasteiger partial charge in [-0.1, -0.05) is 29.8 Å². The van der Waals surface area contributed by atoms with Crippen molar-refractivity contribution in [3.8, 4) is 0 Å². The first kappa shape index (κ1) is 22.3. The van der Waals surface area contributed by atoms with E-state index in [1.54, 1.807) is 11.4 Å². The number of halogens is 3. The number of rotatable bonds is 6. The number of aromatic amines is 1. The van der Waals surface area contributed by atoms with Crippen molar-refractivity contribution in [1.82, 2.24) is 19.8 Å². The zero-order valence-corrected chi connectivity index (χ0v) is 17.2. The fourth-order valence-corrected chi connectivity index (χ4v) is 5.03. The Morgan fingerprint density at radius 3 is 2.60 bits per heavy atom. The molecule has 1 amide bonds. The molecule has 0 radical (unpaired) electrons. The van der Waals surface area contributed by atoms with Gasteiger partial charge < -0.3 is 5.32 Å². The first-order valence-corrected chi connectivity index (χ1v) is 11.1. The van der Waals surface area contributed by atoms with Crippen LogP contribution in [0, 0.1) is 6.92 Å². The summed E-state index contributed by atoms with van der Waals surface area (Å²) in [4.78, 5) is 11.8. The summed E-state index contributed by atoms with van der Waals surface area (Å²) in [6.07, 6.45) is -3.44. The quantitative estimate of drug-likeness (QED) is 0.716. The molecule has 2 heterocycles. The number of hydrogen-bond donors (Lipinski definition) is 2. The van der Waals surface area contributed by atoms with E-state index in [1.165, 1.54) is 10.4 Å². The zero-order valence-electron chi connectivity index (χ0n) is 16.4. The molecule has 1 fully saturated rings. The average molecular weight is 444 g/mol. The number of nitrogens with zero attached hydrogens (tertiary/aromatic N) is 2. The monoisotopic (exact) mass is 444 g/mol. The van der Waals surface area contributed by atoms with Crippen LogP contribution in [-0.2, 0) is 15.8 Å². The van der Waals surface area contributed by atoms with E-state index < -0.39 is 28.7 Å². The lowest BCUT2D eigenvalue weighted by atomic mass is 9.94. The number of amides is 1. The molecule has 0 atom stereocenters. The smallest absolute Gasteiger partial charge is 0.342 e. The Hall–Kier alpha value is -2.40. The molecule has 7 nitrogen and oxygen atoms in total. The van der Waals surface area contributed by atoms with Gasteiger partial charge in [0, 0.05) is 24.7 Å². The largest absolute Gasteiger partial charge is 0.405 e. The predicted molar refractivity (Wildman–Crippen MR) is 104 cm³/mol. The summed E-state index contributed by atoms with van der Waals surface area (Å²) < 4.78 is 63.6. The second kappa shape index (κ2) is 8.76. The van der Waals surface area contributed by atoms with Crippen LogP contribution in [0.25, 0.3) is 0 Å². The molecule has 0 aliphatic carbocycles. The first-order chi connectivity index (χ1) is 14.0. The van der Waals surface area contributed by atoms with Crippen molar-refractivity contribution in [3.63, 3.8) is 0 Å². The third-order valence-corrected chi connectivity index (χ3v) is 6.85. The first-order valence-electron chi connectivity index (χ1n) is 9.47. The van der Waals surface area contributed by atoms with Crippen molar-refractivity contribution in [2.75, 3.05) is 19.6 Å². The van der Waals surface area contributed by atoms with E-state index in [-0.39, 0.29) is 17.4 Å². The van der Waals surface area contributed by atoms with Crippen LogP contribution in [-0.4, -0.2) is 54.6 Å². The fourth-order valence-electron chi connectivity index (χ4n) is 3.48. The van der Waals surface area contributed by atoms with Crippen LogP contribution < -0.4 is 5.32 Å². The lowest BCUT2D eigenvalue weighted by Gasteiger charge is -2.30. The van der Waals surface area contributed by atoms with Gasteiger partial charge in [-0.15, -0.1) is 0 Å². The highest BCUT2D eigenvalue weighted by Gasteiger charge is 2.31. The molecule has 0 bridgehead atoms. The van der Waals surface area contributed by atoms with Gasteiger partial charge in [-0.3, -0.25) is 9.89 Å². The number of carbonyl (C=O) groups excluding carboxylic acids is 1. The Balaban J connectivity index is 1.56. The number of carbonyl (C=O) groups is 1. The molecule has 2 aromatic rings. The van der Waals surface area contributed by atoms with Gasteiger partial charge in [-0.05, 0) is 31.4 Å². The summed E-state index contributed by atoms with van der Waals surface area (Å²) in [5.74, 6) is -1.02. The fraction of sp³-hybridized carbons (Fsp3) is 0.474. The van der Waals surface area contributed by atoms with E-state index in [4.69, 9.17) is 0 Å². The highest BCUT2D eigenvalue weighted by Crippen LogP contribution is 2.29. The highest BCUT2D eigenvalue weighted by molar-refractivity contribution is 7.88. The Morgan fingerprint density at radius 2 is 1.97 bits per heavy atom. The number of hydrogen-bond acceptors (Lipinski definition) is 4. The zero-order chi connectivity index (χ0) is 21.9. The number of piperidine rings is 1. The molecule has 11 heteroatoms. The summed E-state index contributed by atoms with van der Waals surface area (Å²) >= 11 is 0. The highest BCUT2D eigenvalue weighted by atomic mass is 32.2. The number of benzene rings is 1. The van der Waals surface area contributed by atoms with Crippen LogP contribution in [0.15, 0.2) is 30.3 Å². The van der Waals surface area contributed by atoms with E-state index in [1.807, 2.05) is 25.1 Å². The molecule has 3 rings (SSSR count). The van der Waals surface area contributed by atoms with Gasteiger partial charge in [0.1, 0.15) is 12.2 Å². The van der Waals surface area contributed by atoms with Gasteiger partial charge >= 0.3 is 6.18 Å². The van der Waals surface area contributed by atoms with Crippen molar-refractivity contribution in [1.29, 1.82) is 0 Å². The Kier molecular flexibility index (Phi) is 6.51. The van der Waals surface area contributed by atoms with Gasteiger partial charge in [0.25, 0.3) is 5.91 Å². The molecule has 0 spiro atoms. The maximum atomic E-state index is 12.7. The van der Waals surface area contributed by atoms with Crippen molar-refractivity contribution in [3.05, 3.63) is 52.8 Å². The Morgan fingerprint density at radius 1 is 1.27 bits per heavy atom. The summed E-state index contributed by atoms with van der Waals surface area (Å²) in [6, 6.07) is 8.79. The molecular weight excluding hydrogens is 421 g/mol. The summed E-state index contributed by atoms with van der Waals surface area (Å²) in [7, 11) is -3.45. The Bertz CT molecular complexity index is 996. The number of H-pyrrole nitrogens is 1. The summed E-state index contributed by atoms with van der Waals surface area (Å²) in [5, 5.41) is 8.26. The van der Waals surface area contributed by atoms with E-state index in [2.05, 4.69) is 10.2 Å². The maximum absolute atomic E-state index is 12.7. The minimum atomic E-state index is -4.49. The predicted octanol–water partition coefficient (Wildman–Crippen LogP) is 2.72. The van der Waals surface area contributed by atoms with Crippen LogP contribution in [0.2, 0.25) is 0 Å². The van der Waals surface area contributed by atoms with Crippen LogP contribution in [0.1, 0.15) is 46.1 Å². The molecule has 1 saturated heterocycles. The lowest BCUT2D eigenvalue weighted by Crippen LogP contribution is -2.38. The molecule has 1 aliphatic heterocycles. The number of aromatic nitrogens is 2. The number of aryl methyl sites for hydroxylation is 1. The number of nitrogens with one attached hydrogen (secondary N) is 2. The van der Waals surface area contributed by atoms with Crippen molar-refractivity contribution >= 4 is 15.9 Å². The van der Waals surface area contributed by atoms with Gasteiger partial charge in [-0.2, -0.15) is 18.3 Å². The molecule has 0 unspecified atom stereocenters. The molecule has 30 heavy (non-hydrogen) atoms.